The van der Waals surface area contributed by atoms with Gasteiger partial charge < -0.3 is 15.4 Å². The number of rotatable bonds is 6. The first kappa shape index (κ1) is 16.3. The summed E-state index contributed by atoms with van der Waals surface area (Å²) < 4.78 is 5.58. The van der Waals surface area contributed by atoms with Crippen LogP contribution in [-0.4, -0.2) is 36.3 Å². The number of hydrogen-bond donors (Lipinski definition) is 1. The average molecular weight is 304 g/mol. The Bertz CT molecular complexity index is 537. The van der Waals surface area contributed by atoms with Crippen molar-refractivity contribution < 1.29 is 14.3 Å². The van der Waals surface area contributed by atoms with Crippen molar-refractivity contribution in [3.8, 4) is 5.75 Å². The summed E-state index contributed by atoms with van der Waals surface area (Å²) >= 11 is 0. The Morgan fingerprint density at radius 1 is 1.23 bits per heavy atom. The van der Waals surface area contributed by atoms with Gasteiger partial charge in [0.25, 0.3) is 0 Å². The van der Waals surface area contributed by atoms with Gasteiger partial charge in [-0.3, -0.25) is 9.59 Å². The number of carbonyl (C=O) groups is 2. The van der Waals surface area contributed by atoms with E-state index in [1.54, 1.807) is 18.2 Å². The lowest BCUT2D eigenvalue weighted by atomic mass is 10.1. The van der Waals surface area contributed by atoms with Gasteiger partial charge in [0.2, 0.25) is 5.91 Å². The molecule has 5 heteroatoms. The van der Waals surface area contributed by atoms with Gasteiger partial charge in [0, 0.05) is 25.1 Å². The summed E-state index contributed by atoms with van der Waals surface area (Å²) in [7, 11) is 0. The van der Waals surface area contributed by atoms with E-state index in [2.05, 4.69) is 0 Å². The quantitative estimate of drug-likeness (QED) is 0.648. The molecule has 0 spiro atoms. The minimum Gasteiger partial charge on any atom is -0.491 e. The second kappa shape index (κ2) is 7.82. The maximum atomic E-state index is 12.0. The lowest BCUT2D eigenvalue weighted by Crippen LogP contribution is -2.36. The van der Waals surface area contributed by atoms with E-state index in [-0.39, 0.29) is 11.7 Å². The molecule has 120 valence electrons. The number of Topliss-reactive ketones (excluding diaryl/α,β-unsaturated/α-hetero) is 1. The first-order chi connectivity index (χ1) is 10.6. The lowest BCUT2D eigenvalue weighted by Gasteiger charge is -2.26. The molecule has 1 aromatic rings. The summed E-state index contributed by atoms with van der Waals surface area (Å²) in [5.74, 6) is 0.716. The number of anilines is 1. The molecule has 0 aliphatic carbocycles. The number of hydrogen-bond acceptors (Lipinski definition) is 4. The molecule has 0 aromatic heterocycles. The number of nitrogen functional groups attached to an aromatic ring is 1. The fourth-order valence-corrected chi connectivity index (χ4v) is 2.61. The molecule has 0 saturated carbocycles. The highest BCUT2D eigenvalue weighted by atomic mass is 16.5. The van der Waals surface area contributed by atoms with Crippen LogP contribution >= 0.6 is 0 Å². The van der Waals surface area contributed by atoms with Crippen LogP contribution in [0.2, 0.25) is 0 Å². The summed E-state index contributed by atoms with van der Waals surface area (Å²) in [5, 5.41) is 0. The van der Waals surface area contributed by atoms with E-state index < -0.39 is 0 Å². The monoisotopic (exact) mass is 304 g/mol. The Balaban J connectivity index is 1.83. The van der Waals surface area contributed by atoms with E-state index in [9.17, 15) is 9.59 Å². The second-order valence-corrected chi connectivity index (χ2v) is 5.57. The van der Waals surface area contributed by atoms with Gasteiger partial charge in [-0.2, -0.15) is 0 Å². The molecule has 0 radical (unpaired) electrons. The smallest absolute Gasteiger partial charge is 0.225 e. The van der Waals surface area contributed by atoms with Gasteiger partial charge in [0.15, 0.2) is 5.78 Å². The van der Waals surface area contributed by atoms with Gasteiger partial charge in [0.1, 0.15) is 5.75 Å². The summed E-state index contributed by atoms with van der Waals surface area (Å²) in [6, 6.07) is 5.04. The number of amides is 1. The topological polar surface area (TPSA) is 72.6 Å². The van der Waals surface area contributed by atoms with Crippen LogP contribution in [0.25, 0.3) is 0 Å². The number of nitrogens with zero attached hydrogens (tertiary/aromatic N) is 1. The van der Waals surface area contributed by atoms with Gasteiger partial charge in [-0.1, -0.05) is 6.92 Å². The molecule has 1 heterocycles. The minimum atomic E-state index is 0.0542. The number of piperidine rings is 1. The highest BCUT2D eigenvalue weighted by Gasteiger charge is 2.16. The number of benzene rings is 1. The predicted octanol–water partition coefficient (Wildman–Crippen LogP) is 2.64. The summed E-state index contributed by atoms with van der Waals surface area (Å²) in [6.45, 7) is 3.83. The van der Waals surface area contributed by atoms with Crippen LogP contribution in [0.4, 0.5) is 5.69 Å². The molecule has 2 N–H and O–H groups in total. The molecule has 22 heavy (non-hydrogen) atoms. The van der Waals surface area contributed by atoms with Crippen molar-refractivity contribution in [1.29, 1.82) is 0 Å². The Hall–Kier alpha value is -2.04. The zero-order chi connectivity index (χ0) is 15.9. The second-order valence-electron chi connectivity index (χ2n) is 5.57. The van der Waals surface area contributed by atoms with E-state index in [1.165, 1.54) is 6.42 Å². The van der Waals surface area contributed by atoms with Crippen LogP contribution in [0.1, 0.15) is 49.4 Å². The Labute approximate surface area is 131 Å². The number of ether oxygens (including phenoxy) is 1. The van der Waals surface area contributed by atoms with Gasteiger partial charge in [-0.15, -0.1) is 0 Å². The van der Waals surface area contributed by atoms with Crippen molar-refractivity contribution in [2.75, 3.05) is 25.4 Å². The molecule has 0 bridgehead atoms. The highest BCUT2D eigenvalue weighted by Crippen LogP contribution is 2.23. The molecule has 1 amide bonds. The van der Waals surface area contributed by atoms with Crippen LogP contribution in [0.15, 0.2) is 18.2 Å². The maximum Gasteiger partial charge on any atom is 0.225 e. The maximum absolute atomic E-state index is 12.0. The SMILES string of the molecule is CCC(=O)c1ccc(OCCC(=O)N2CCCCC2)c(N)c1. The number of likely N-dealkylation sites (tertiary alicyclic amines) is 1. The fourth-order valence-electron chi connectivity index (χ4n) is 2.61. The standard InChI is InChI=1S/C17H24N2O3/c1-2-15(20)13-6-7-16(14(18)12-13)22-11-8-17(21)19-9-4-3-5-10-19/h6-7,12H,2-5,8-11,18H2,1H3. The number of nitrogens with two attached hydrogens (primary N) is 1. The van der Waals surface area contributed by atoms with E-state index >= 15 is 0 Å². The molecule has 1 aromatic carbocycles. The molecule has 2 rings (SSSR count). The van der Waals surface area contributed by atoms with E-state index in [0.29, 0.717) is 36.4 Å². The van der Waals surface area contributed by atoms with Crippen LogP contribution in [-0.2, 0) is 4.79 Å². The third kappa shape index (κ3) is 4.23. The third-order valence-corrected chi connectivity index (χ3v) is 3.94. The normalized spacial score (nSPS) is 14.7. The van der Waals surface area contributed by atoms with Gasteiger partial charge in [0.05, 0.1) is 18.7 Å². The van der Waals surface area contributed by atoms with Gasteiger partial charge in [-0.25, -0.2) is 0 Å². The molecular formula is C17H24N2O3. The molecule has 1 saturated heterocycles. The lowest BCUT2D eigenvalue weighted by molar-refractivity contribution is -0.132. The molecule has 1 aliphatic heterocycles. The van der Waals surface area contributed by atoms with Crippen LogP contribution in [0, 0.1) is 0 Å². The first-order valence-corrected chi connectivity index (χ1v) is 7.95. The van der Waals surface area contributed by atoms with Crippen molar-refractivity contribution >= 4 is 17.4 Å². The minimum absolute atomic E-state index is 0.0542. The molecular weight excluding hydrogens is 280 g/mol. The summed E-state index contributed by atoms with van der Waals surface area (Å²) in [5.41, 5.74) is 6.93. The van der Waals surface area contributed by atoms with Gasteiger partial charge >= 0.3 is 0 Å². The van der Waals surface area contributed by atoms with Crippen molar-refractivity contribution in [2.24, 2.45) is 0 Å². The van der Waals surface area contributed by atoms with Crippen LogP contribution in [0.3, 0.4) is 0 Å². The van der Waals surface area contributed by atoms with E-state index in [4.69, 9.17) is 10.5 Å². The summed E-state index contributed by atoms with van der Waals surface area (Å²) in [6.07, 6.45) is 4.19. The van der Waals surface area contributed by atoms with Crippen molar-refractivity contribution in [2.45, 2.75) is 39.0 Å². The highest BCUT2D eigenvalue weighted by molar-refractivity contribution is 5.97. The van der Waals surface area contributed by atoms with E-state index in [0.717, 1.165) is 25.9 Å². The van der Waals surface area contributed by atoms with Crippen molar-refractivity contribution in [3.05, 3.63) is 23.8 Å². The summed E-state index contributed by atoms with van der Waals surface area (Å²) in [4.78, 5) is 25.5. The largest absolute Gasteiger partial charge is 0.491 e. The zero-order valence-corrected chi connectivity index (χ0v) is 13.1. The number of carbonyl (C=O) groups excluding carboxylic acids is 2. The molecule has 1 aliphatic rings. The van der Waals surface area contributed by atoms with Crippen LogP contribution in [0.5, 0.6) is 5.75 Å². The predicted molar refractivity (Wildman–Crippen MR) is 86.0 cm³/mol. The van der Waals surface area contributed by atoms with Crippen LogP contribution < -0.4 is 10.5 Å². The van der Waals surface area contributed by atoms with Crippen molar-refractivity contribution in [1.82, 2.24) is 4.90 Å². The van der Waals surface area contributed by atoms with Gasteiger partial charge in [-0.05, 0) is 37.5 Å². The molecule has 0 atom stereocenters. The van der Waals surface area contributed by atoms with Crippen molar-refractivity contribution in [3.63, 3.8) is 0 Å². The third-order valence-electron chi connectivity index (χ3n) is 3.94. The Morgan fingerprint density at radius 3 is 2.59 bits per heavy atom. The average Bonchev–Trinajstić information content (AvgIpc) is 2.56. The van der Waals surface area contributed by atoms with E-state index in [1.807, 2.05) is 11.8 Å². The molecule has 0 unspecified atom stereocenters. The molecule has 1 fully saturated rings. The fraction of sp³-hybridized carbons (Fsp3) is 0.529. The molecule has 5 nitrogen and oxygen atoms in total. The number of ketones is 1. The Morgan fingerprint density at radius 2 is 1.95 bits per heavy atom. The zero-order valence-electron chi connectivity index (χ0n) is 13.1. The Kier molecular flexibility index (Phi) is 5.81. The first-order valence-electron chi connectivity index (χ1n) is 7.95.